The second kappa shape index (κ2) is 3.74. The van der Waals surface area contributed by atoms with Crippen molar-refractivity contribution in [3.05, 3.63) is 31.6 Å². The number of aromatic nitrogens is 1. The van der Waals surface area contributed by atoms with Crippen LogP contribution < -0.4 is 15.9 Å². The van der Waals surface area contributed by atoms with Crippen LogP contribution in [0.2, 0.25) is 5.02 Å². The summed E-state index contributed by atoms with van der Waals surface area (Å²) in [5.41, 5.74) is -0.542. The van der Waals surface area contributed by atoms with E-state index in [0.717, 1.165) is 19.4 Å². The summed E-state index contributed by atoms with van der Waals surface area (Å²) in [7, 11) is 0. The smallest absolute Gasteiger partial charge is 0.284 e. The van der Waals surface area contributed by atoms with E-state index in [4.69, 9.17) is 11.6 Å². The molecule has 2 aliphatic rings. The molecule has 7 heteroatoms. The number of carbonyl (C=O) groups is 1. The summed E-state index contributed by atoms with van der Waals surface area (Å²) < 4.78 is 1.76. The summed E-state index contributed by atoms with van der Waals surface area (Å²) in [6.45, 7) is 2.64. The van der Waals surface area contributed by atoms with Gasteiger partial charge in [-0.1, -0.05) is 11.6 Å². The average molecular weight is 333 g/mol. The van der Waals surface area contributed by atoms with E-state index in [1.54, 1.807) is 0 Å². The van der Waals surface area contributed by atoms with E-state index < -0.39 is 5.66 Å². The Morgan fingerprint density at radius 2 is 2.22 bits per heavy atom. The normalized spacial score (nSPS) is 25.7. The first-order valence-electron chi connectivity index (χ1n) is 5.65. The molecule has 1 unspecified atom stereocenters. The van der Waals surface area contributed by atoms with Crippen LogP contribution in [0.1, 0.15) is 30.3 Å². The van der Waals surface area contributed by atoms with Crippen LogP contribution in [-0.4, -0.2) is 22.8 Å². The van der Waals surface area contributed by atoms with Gasteiger partial charge in [0, 0.05) is 6.54 Å². The van der Waals surface area contributed by atoms with Gasteiger partial charge in [-0.2, -0.15) is 0 Å². The van der Waals surface area contributed by atoms with Crippen molar-refractivity contribution in [2.75, 3.05) is 11.6 Å². The van der Waals surface area contributed by atoms with Gasteiger partial charge in [-0.3, -0.25) is 14.6 Å². The number of fused-ring (bicyclic) bond motifs is 3. The van der Waals surface area contributed by atoms with E-state index in [-0.39, 0.29) is 22.2 Å². The molecule has 1 aromatic heterocycles. The van der Waals surface area contributed by atoms with Gasteiger partial charge in [0.25, 0.3) is 11.5 Å². The Bertz CT molecular complexity index is 615. The van der Waals surface area contributed by atoms with Crippen LogP contribution in [0, 0.1) is 0 Å². The molecule has 3 rings (SSSR count). The van der Waals surface area contributed by atoms with Crippen LogP contribution in [0.3, 0.4) is 0 Å². The number of pyridine rings is 1. The third kappa shape index (κ3) is 1.45. The lowest BCUT2D eigenvalue weighted by Gasteiger charge is -2.43. The molecule has 1 saturated heterocycles. The maximum atomic E-state index is 12.2. The zero-order valence-corrected chi connectivity index (χ0v) is 12.0. The van der Waals surface area contributed by atoms with E-state index in [9.17, 15) is 9.59 Å². The summed E-state index contributed by atoms with van der Waals surface area (Å²) in [6.07, 6.45) is 1.74. The number of nitrogens with zero attached hydrogens (tertiary/aromatic N) is 2. The molecular weight excluding hydrogens is 321 g/mol. The minimum Gasteiger partial charge on any atom is -0.327 e. The van der Waals surface area contributed by atoms with E-state index >= 15 is 0 Å². The van der Waals surface area contributed by atoms with Gasteiger partial charge in [-0.05, 0) is 41.8 Å². The summed E-state index contributed by atoms with van der Waals surface area (Å²) >= 11 is 9.26. The molecule has 1 atom stereocenters. The Kier molecular flexibility index (Phi) is 2.50. The maximum Gasteiger partial charge on any atom is 0.284 e. The first-order valence-corrected chi connectivity index (χ1v) is 6.83. The zero-order chi connectivity index (χ0) is 13.1. The van der Waals surface area contributed by atoms with E-state index in [1.165, 1.54) is 10.7 Å². The van der Waals surface area contributed by atoms with Gasteiger partial charge in [0.15, 0.2) is 0 Å². The van der Waals surface area contributed by atoms with Crippen molar-refractivity contribution in [1.82, 2.24) is 9.99 Å². The molecule has 5 nitrogen and oxygen atoms in total. The topological polar surface area (TPSA) is 54.3 Å². The van der Waals surface area contributed by atoms with Crippen molar-refractivity contribution in [2.45, 2.75) is 25.4 Å². The molecule has 0 bridgehead atoms. The molecule has 0 aromatic carbocycles. The second-order valence-electron chi connectivity index (χ2n) is 4.76. The van der Waals surface area contributed by atoms with Crippen LogP contribution in [0.25, 0.3) is 0 Å². The second-order valence-corrected chi connectivity index (χ2v) is 6.02. The highest BCUT2D eigenvalue weighted by Gasteiger charge is 2.45. The summed E-state index contributed by atoms with van der Waals surface area (Å²) in [6, 6.07) is 1.47. The minimum atomic E-state index is -0.502. The molecule has 3 heterocycles. The molecule has 0 spiro atoms. The minimum absolute atomic E-state index is 0.212. The van der Waals surface area contributed by atoms with Gasteiger partial charge in [0.05, 0.1) is 9.50 Å². The number of hydrogen-bond donors (Lipinski definition) is 1. The van der Waals surface area contributed by atoms with Gasteiger partial charge in [0.1, 0.15) is 11.4 Å². The van der Waals surface area contributed by atoms with Crippen molar-refractivity contribution in [2.24, 2.45) is 0 Å². The van der Waals surface area contributed by atoms with Crippen molar-refractivity contribution < 1.29 is 4.79 Å². The quantitative estimate of drug-likeness (QED) is 0.782. The van der Waals surface area contributed by atoms with Crippen LogP contribution in [0.5, 0.6) is 0 Å². The third-order valence-corrected chi connectivity index (χ3v) is 4.39. The first-order chi connectivity index (χ1) is 8.44. The molecule has 1 amide bonds. The van der Waals surface area contributed by atoms with Crippen molar-refractivity contribution in [3.63, 3.8) is 0 Å². The molecule has 2 aliphatic heterocycles. The van der Waals surface area contributed by atoms with Gasteiger partial charge < -0.3 is 5.32 Å². The highest BCUT2D eigenvalue weighted by atomic mass is 79.9. The van der Waals surface area contributed by atoms with Crippen LogP contribution in [-0.2, 0) is 0 Å². The molecule has 96 valence electrons. The summed E-state index contributed by atoms with van der Waals surface area (Å²) in [5, 5.41) is 5.07. The SMILES string of the molecule is CC12CCCN1n1c(c(Cl)cc(Br)c1=O)C(=O)N2. The lowest BCUT2D eigenvalue weighted by molar-refractivity contribution is 0.0851. The Morgan fingerprint density at radius 3 is 2.94 bits per heavy atom. The van der Waals surface area contributed by atoms with Crippen molar-refractivity contribution in [1.29, 1.82) is 0 Å². The Labute approximate surface area is 117 Å². The third-order valence-electron chi connectivity index (χ3n) is 3.53. The van der Waals surface area contributed by atoms with Gasteiger partial charge in [-0.25, -0.2) is 4.68 Å². The number of rotatable bonds is 0. The van der Waals surface area contributed by atoms with Crippen LogP contribution in [0.15, 0.2) is 15.3 Å². The molecule has 0 saturated carbocycles. The zero-order valence-electron chi connectivity index (χ0n) is 9.67. The highest BCUT2D eigenvalue weighted by molar-refractivity contribution is 9.10. The number of halogens is 2. The van der Waals surface area contributed by atoms with Gasteiger partial charge in [-0.15, -0.1) is 0 Å². The van der Waals surface area contributed by atoms with Gasteiger partial charge >= 0.3 is 0 Å². The number of amides is 1. The fourth-order valence-electron chi connectivity index (χ4n) is 2.68. The Hall–Kier alpha value is -1.01. The lowest BCUT2D eigenvalue weighted by atomic mass is 10.1. The molecule has 0 radical (unpaired) electrons. The molecular formula is C11H11BrClN3O2. The first kappa shape index (κ1) is 12.0. The standard InChI is InChI=1S/C11H11BrClN3O2/c1-11-3-2-4-15(11)16-8(9(17)14-11)7(13)5-6(12)10(16)18/h5H,2-4H2,1H3,(H,14,17). The molecule has 1 aromatic rings. The Morgan fingerprint density at radius 1 is 1.50 bits per heavy atom. The molecule has 1 N–H and O–H groups in total. The predicted molar refractivity (Wildman–Crippen MR) is 71.6 cm³/mol. The van der Waals surface area contributed by atoms with Crippen LogP contribution >= 0.6 is 27.5 Å². The summed E-state index contributed by atoms with van der Waals surface area (Å²) in [5.74, 6) is -0.301. The maximum absolute atomic E-state index is 12.2. The Balaban J connectivity index is 2.35. The van der Waals surface area contributed by atoms with Crippen molar-refractivity contribution in [3.8, 4) is 0 Å². The van der Waals surface area contributed by atoms with E-state index in [2.05, 4.69) is 21.2 Å². The lowest BCUT2D eigenvalue weighted by Crippen LogP contribution is -2.67. The number of nitrogens with one attached hydrogen (secondary N) is 1. The molecule has 0 aliphatic carbocycles. The van der Waals surface area contributed by atoms with Crippen molar-refractivity contribution >= 4 is 33.4 Å². The monoisotopic (exact) mass is 331 g/mol. The van der Waals surface area contributed by atoms with Crippen LogP contribution in [0.4, 0.5) is 0 Å². The largest absolute Gasteiger partial charge is 0.327 e. The fourth-order valence-corrected chi connectivity index (χ4v) is 3.48. The van der Waals surface area contributed by atoms with E-state index in [0.29, 0.717) is 4.47 Å². The number of hydrogen-bond acceptors (Lipinski definition) is 3. The summed E-state index contributed by atoms with van der Waals surface area (Å²) in [4.78, 5) is 24.4. The number of carbonyl (C=O) groups excluding carboxylic acids is 1. The van der Waals surface area contributed by atoms with Gasteiger partial charge in [0.2, 0.25) is 0 Å². The predicted octanol–water partition coefficient (Wildman–Crippen LogP) is 1.46. The molecule has 18 heavy (non-hydrogen) atoms. The molecule has 1 fully saturated rings. The highest BCUT2D eigenvalue weighted by Crippen LogP contribution is 2.31. The fraction of sp³-hybridized carbons (Fsp3) is 0.455. The average Bonchev–Trinajstić information content (AvgIpc) is 2.65. The van der Waals surface area contributed by atoms with E-state index in [1.807, 2.05) is 11.9 Å².